The highest BCUT2D eigenvalue weighted by Crippen LogP contribution is 2.24. The standard InChI is InChI=1S/C17H26N2O/c20-14-16-7-5-15(6-8-16)13-18-9-11-19(12-10-18)17-3-1-2-4-17/h5-8,17,20H,1-4,9-14H2. The third-order valence-corrected chi connectivity index (χ3v) is 4.86. The van der Waals surface area contributed by atoms with Crippen LogP contribution < -0.4 is 0 Å². The molecule has 1 saturated carbocycles. The van der Waals surface area contributed by atoms with Crippen LogP contribution in [0.15, 0.2) is 24.3 Å². The molecule has 110 valence electrons. The van der Waals surface area contributed by atoms with Crippen molar-refractivity contribution in [1.29, 1.82) is 0 Å². The lowest BCUT2D eigenvalue weighted by molar-refractivity contribution is 0.0937. The van der Waals surface area contributed by atoms with Gasteiger partial charge in [-0.3, -0.25) is 9.80 Å². The lowest BCUT2D eigenvalue weighted by atomic mass is 10.1. The fraction of sp³-hybridized carbons (Fsp3) is 0.647. The predicted molar refractivity (Wildman–Crippen MR) is 81.5 cm³/mol. The molecule has 0 aromatic heterocycles. The molecule has 1 aromatic rings. The Morgan fingerprint density at radius 3 is 2.10 bits per heavy atom. The van der Waals surface area contributed by atoms with Gasteiger partial charge in [0.1, 0.15) is 0 Å². The second kappa shape index (κ2) is 6.70. The van der Waals surface area contributed by atoms with E-state index in [1.807, 2.05) is 12.1 Å². The molecule has 1 aliphatic heterocycles. The molecule has 20 heavy (non-hydrogen) atoms. The number of hydrogen-bond acceptors (Lipinski definition) is 3. The van der Waals surface area contributed by atoms with Crippen LogP contribution in [0.1, 0.15) is 36.8 Å². The van der Waals surface area contributed by atoms with Gasteiger partial charge in [-0.2, -0.15) is 0 Å². The Balaban J connectivity index is 1.47. The first-order chi connectivity index (χ1) is 9.85. The Bertz CT molecular complexity index is 404. The van der Waals surface area contributed by atoms with Crippen LogP contribution in [0.4, 0.5) is 0 Å². The summed E-state index contributed by atoms with van der Waals surface area (Å²) in [6.45, 7) is 6.04. The van der Waals surface area contributed by atoms with Crippen molar-refractivity contribution < 1.29 is 5.11 Å². The van der Waals surface area contributed by atoms with E-state index in [-0.39, 0.29) is 6.61 Å². The van der Waals surface area contributed by atoms with Crippen molar-refractivity contribution in [2.75, 3.05) is 26.2 Å². The van der Waals surface area contributed by atoms with Crippen LogP contribution in [0.3, 0.4) is 0 Å². The first-order valence-electron chi connectivity index (χ1n) is 8.00. The van der Waals surface area contributed by atoms with Gasteiger partial charge in [-0.15, -0.1) is 0 Å². The van der Waals surface area contributed by atoms with E-state index in [0.717, 1.165) is 18.2 Å². The van der Waals surface area contributed by atoms with Crippen LogP contribution in [0.25, 0.3) is 0 Å². The van der Waals surface area contributed by atoms with Crippen LogP contribution in [-0.2, 0) is 13.2 Å². The molecule has 1 aliphatic carbocycles. The Labute approximate surface area is 122 Å². The number of aliphatic hydroxyl groups is 1. The lowest BCUT2D eigenvalue weighted by Crippen LogP contribution is -2.49. The molecule has 2 fully saturated rings. The van der Waals surface area contributed by atoms with Crippen LogP contribution in [0.5, 0.6) is 0 Å². The zero-order valence-electron chi connectivity index (χ0n) is 12.3. The number of hydrogen-bond donors (Lipinski definition) is 1. The summed E-state index contributed by atoms with van der Waals surface area (Å²) in [4.78, 5) is 5.26. The number of benzene rings is 1. The summed E-state index contributed by atoms with van der Waals surface area (Å²) in [5, 5.41) is 9.07. The molecule has 3 heteroatoms. The van der Waals surface area contributed by atoms with Crippen LogP contribution in [-0.4, -0.2) is 47.1 Å². The quantitative estimate of drug-likeness (QED) is 0.912. The van der Waals surface area contributed by atoms with Gasteiger partial charge in [-0.1, -0.05) is 37.1 Å². The van der Waals surface area contributed by atoms with Gasteiger partial charge in [0.05, 0.1) is 6.61 Å². The number of aliphatic hydroxyl groups excluding tert-OH is 1. The van der Waals surface area contributed by atoms with Crippen LogP contribution >= 0.6 is 0 Å². The minimum absolute atomic E-state index is 0.139. The minimum atomic E-state index is 0.139. The molecule has 0 atom stereocenters. The molecule has 2 aliphatic rings. The smallest absolute Gasteiger partial charge is 0.0681 e. The fourth-order valence-corrected chi connectivity index (χ4v) is 3.56. The molecule has 0 unspecified atom stereocenters. The van der Waals surface area contributed by atoms with Gasteiger partial charge in [0.15, 0.2) is 0 Å². The summed E-state index contributed by atoms with van der Waals surface area (Å²) in [6, 6.07) is 9.24. The van der Waals surface area contributed by atoms with Gasteiger partial charge >= 0.3 is 0 Å². The maximum atomic E-state index is 9.07. The minimum Gasteiger partial charge on any atom is -0.392 e. The zero-order chi connectivity index (χ0) is 13.8. The van der Waals surface area contributed by atoms with E-state index in [4.69, 9.17) is 5.11 Å². The van der Waals surface area contributed by atoms with Gasteiger partial charge < -0.3 is 5.11 Å². The normalized spacial score (nSPS) is 22.4. The topological polar surface area (TPSA) is 26.7 Å². The van der Waals surface area contributed by atoms with E-state index >= 15 is 0 Å². The highest BCUT2D eigenvalue weighted by atomic mass is 16.3. The Morgan fingerprint density at radius 1 is 0.900 bits per heavy atom. The Kier molecular flexibility index (Phi) is 4.71. The molecule has 1 saturated heterocycles. The van der Waals surface area contributed by atoms with Gasteiger partial charge in [0, 0.05) is 38.8 Å². The SMILES string of the molecule is OCc1ccc(CN2CCN(C3CCCC3)CC2)cc1. The number of piperazine rings is 1. The molecular weight excluding hydrogens is 248 g/mol. The summed E-state index contributed by atoms with van der Waals surface area (Å²) < 4.78 is 0. The van der Waals surface area contributed by atoms with Crippen molar-refractivity contribution in [3.8, 4) is 0 Å². The van der Waals surface area contributed by atoms with Gasteiger partial charge in [-0.05, 0) is 24.0 Å². The van der Waals surface area contributed by atoms with Gasteiger partial charge in [0.2, 0.25) is 0 Å². The average molecular weight is 274 g/mol. The Morgan fingerprint density at radius 2 is 1.50 bits per heavy atom. The molecule has 0 amide bonds. The van der Waals surface area contributed by atoms with Crippen molar-refractivity contribution in [3.05, 3.63) is 35.4 Å². The zero-order valence-corrected chi connectivity index (χ0v) is 12.3. The highest BCUT2D eigenvalue weighted by molar-refractivity contribution is 5.21. The molecule has 0 spiro atoms. The van der Waals surface area contributed by atoms with Crippen LogP contribution in [0, 0.1) is 0 Å². The predicted octanol–water partition coefficient (Wildman–Crippen LogP) is 2.24. The van der Waals surface area contributed by atoms with Crippen molar-refractivity contribution in [2.24, 2.45) is 0 Å². The molecule has 3 nitrogen and oxygen atoms in total. The van der Waals surface area contributed by atoms with E-state index in [0.29, 0.717) is 0 Å². The van der Waals surface area contributed by atoms with Crippen molar-refractivity contribution >= 4 is 0 Å². The van der Waals surface area contributed by atoms with Crippen molar-refractivity contribution in [2.45, 2.75) is 44.9 Å². The van der Waals surface area contributed by atoms with Gasteiger partial charge in [-0.25, -0.2) is 0 Å². The second-order valence-corrected chi connectivity index (χ2v) is 6.23. The van der Waals surface area contributed by atoms with E-state index < -0.39 is 0 Å². The molecule has 3 rings (SSSR count). The summed E-state index contributed by atoms with van der Waals surface area (Å²) >= 11 is 0. The molecule has 1 heterocycles. The third kappa shape index (κ3) is 3.40. The van der Waals surface area contributed by atoms with E-state index in [1.54, 1.807) is 0 Å². The summed E-state index contributed by atoms with van der Waals surface area (Å²) in [5.74, 6) is 0. The maximum absolute atomic E-state index is 9.07. The van der Waals surface area contributed by atoms with Crippen LogP contribution in [0.2, 0.25) is 0 Å². The number of nitrogens with zero attached hydrogens (tertiary/aromatic N) is 2. The molecular formula is C17H26N2O. The maximum Gasteiger partial charge on any atom is 0.0681 e. The third-order valence-electron chi connectivity index (χ3n) is 4.86. The molecule has 1 N–H and O–H groups in total. The monoisotopic (exact) mass is 274 g/mol. The van der Waals surface area contributed by atoms with E-state index in [2.05, 4.69) is 21.9 Å². The summed E-state index contributed by atoms with van der Waals surface area (Å²) in [6.07, 6.45) is 5.70. The summed E-state index contributed by atoms with van der Waals surface area (Å²) in [7, 11) is 0. The van der Waals surface area contributed by atoms with E-state index in [1.165, 1.54) is 57.4 Å². The summed E-state index contributed by atoms with van der Waals surface area (Å²) in [5.41, 5.74) is 2.36. The molecule has 0 radical (unpaired) electrons. The van der Waals surface area contributed by atoms with Crippen molar-refractivity contribution in [3.63, 3.8) is 0 Å². The highest BCUT2D eigenvalue weighted by Gasteiger charge is 2.25. The second-order valence-electron chi connectivity index (χ2n) is 6.23. The average Bonchev–Trinajstić information content (AvgIpc) is 3.03. The first kappa shape index (κ1) is 14.1. The largest absolute Gasteiger partial charge is 0.392 e. The first-order valence-corrected chi connectivity index (χ1v) is 8.00. The molecule has 1 aromatic carbocycles. The molecule has 0 bridgehead atoms. The lowest BCUT2D eigenvalue weighted by Gasteiger charge is -2.38. The van der Waals surface area contributed by atoms with Gasteiger partial charge in [0.25, 0.3) is 0 Å². The Hall–Kier alpha value is -0.900. The van der Waals surface area contributed by atoms with Crippen molar-refractivity contribution in [1.82, 2.24) is 9.80 Å². The fourth-order valence-electron chi connectivity index (χ4n) is 3.56. The van der Waals surface area contributed by atoms with E-state index in [9.17, 15) is 0 Å². The number of rotatable bonds is 4.